The number of amides is 1. The first-order valence-corrected chi connectivity index (χ1v) is 7.38. The molecule has 0 saturated heterocycles. The zero-order chi connectivity index (χ0) is 16.1. The monoisotopic (exact) mass is 317 g/mol. The van der Waals surface area contributed by atoms with Crippen molar-refractivity contribution < 1.29 is 9.18 Å². The van der Waals surface area contributed by atoms with E-state index >= 15 is 0 Å². The molecule has 22 heavy (non-hydrogen) atoms. The van der Waals surface area contributed by atoms with E-state index in [1.54, 1.807) is 6.07 Å². The quantitative estimate of drug-likeness (QED) is 0.766. The molecule has 0 radical (unpaired) electrons. The largest absolute Gasteiger partial charge is 0.323 e. The maximum atomic E-state index is 13.6. The summed E-state index contributed by atoms with van der Waals surface area (Å²) in [6, 6.07) is 12.0. The van der Waals surface area contributed by atoms with E-state index in [-0.39, 0.29) is 16.5 Å². The number of carbonyl (C=O) groups excluding carboxylic acids is 1. The second kappa shape index (κ2) is 7.23. The van der Waals surface area contributed by atoms with E-state index in [0.29, 0.717) is 11.6 Å². The van der Waals surface area contributed by atoms with Crippen LogP contribution in [0.3, 0.4) is 0 Å². The summed E-state index contributed by atoms with van der Waals surface area (Å²) in [6.45, 7) is 4.21. The van der Waals surface area contributed by atoms with Crippen molar-refractivity contribution in [2.75, 3.05) is 5.32 Å². The van der Waals surface area contributed by atoms with Crippen LogP contribution in [0.2, 0.25) is 5.02 Å². The van der Waals surface area contributed by atoms with Crippen LogP contribution in [-0.2, 0) is 4.79 Å². The van der Waals surface area contributed by atoms with Gasteiger partial charge in [-0.25, -0.2) is 4.39 Å². The van der Waals surface area contributed by atoms with Gasteiger partial charge in [-0.15, -0.1) is 0 Å². The van der Waals surface area contributed by atoms with Crippen molar-refractivity contribution in [3.63, 3.8) is 0 Å². The molecular weight excluding hydrogens is 301 g/mol. The lowest BCUT2D eigenvalue weighted by Crippen LogP contribution is -2.07. The van der Waals surface area contributed by atoms with E-state index in [0.717, 1.165) is 0 Å². The number of hydrogen-bond acceptors (Lipinski definition) is 1. The summed E-state index contributed by atoms with van der Waals surface area (Å²) in [5.74, 6) is -0.359. The first kappa shape index (κ1) is 16.2. The van der Waals surface area contributed by atoms with Gasteiger partial charge in [0.05, 0.1) is 5.02 Å². The maximum absolute atomic E-state index is 13.6. The smallest absolute Gasteiger partial charge is 0.248 e. The molecule has 2 nitrogen and oxygen atoms in total. The minimum absolute atomic E-state index is 0.203. The first-order chi connectivity index (χ1) is 10.5. The Morgan fingerprint density at radius 1 is 1.18 bits per heavy atom. The standard InChI is InChI=1S/C18H17ClFNO/c1-12(2)13-6-8-14(9-7-13)21-18(22)11-10-15-16(19)4-3-5-17(15)20/h3-12H,1-2H3,(H,21,22). The van der Waals surface area contributed by atoms with E-state index in [2.05, 4.69) is 19.2 Å². The molecule has 114 valence electrons. The van der Waals surface area contributed by atoms with E-state index in [4.69, 9.17) is 11.6 Å². The predicted molar refractivity (Wildman–Crippen MR) is 89.6 cm³/mol. The van der Waals surface area contributed by atoms with Crippen LogP contribution < -0.4 is 5.32 Å². The Hall–Kier alpha value is -2.13. The Labute approximate surface area is 134 Å². The Morgan fingerprint density at radius 2 is 1.86 bits per heavy atom. The van der Waals surface area contributed by atoms with Gasteiger partial charge in [-0.3, -0.25) is 4.79 Å². The SMILES string of the molecule is CC(C)c1ccc(NC(=O)C=Cc2c(F)cccc2Cl)cc1. The summed E-state index contributed by atoms with van der Waals surface area (Å²) in [6.07, 6.45) is 2.64. The molecule has 0 heterocycles. The molecule has 1 amide bonds. The van der Waals surface area contributed by atoms with Crippen molar-refractivity contribution in [2.24, 2.45) is 0 Å². The molecule has 0 unspecified atom stereocenters. The van der Waals surface area contributed by atoms with Gasteiger partial charge in [0.1, 0.15) is 5.82 Å². The van der Waals surface area contributed by atoms with E-state index < -0.39 is 5.82 Å². The van der Waals surface area contributed by atoms with E-state index in [1.165, 1.54) is 29.8 Å². The Kier molecular flexibility index (Phi) is 5.34. The highest BCUT2D eigenvalue weighted by Gasteiger charge is 2.05. The molecule has 0 aliphatic rings. The van der Waals surface area contributed by atoms with Gasteiger partial charge < -0.3 is 5.32 Å². The van der Waals surface area contributed by atoms with Crippen LogP contribution in [0.1, 0.15) is 30.9 Å². The summed E-state index contributed by atoms with van der Waals surface area (Å²) in [5, 5.41) is 2.99. The highest BCUT2D eigenvalue weighted by Crippen LogP contribution is 2.20. The van der Waals surface area contributed by atoms with Gasteiger partial charge in [0.25, 0.3) is 0 Å². The van der Waals surface area contributed by atoms with Gasteiger partial charge in [-0.1, -0.05) is 43.6 Å². The minimum Gasteiger partial charge on any atom is -0.323 e. The minimum atomic E-state index is -0.460. The number of nitrogens with one attached hydrogen (secondary N) is 1. The van der Waals surface area contributed by atoms with Crippen LogP contribution in [0.5, 0.6) is 0 Å². The van der Waals surface area contributed by atoms with Gasteiger partial charge in [0, 0.05) is 17.3 Å². The highest BCUT2D eigenvalue weighted by atomic mass is 35.5. The average molecular weight is 318 g/mol. The van der Waals surface area contributed by atoms with E-state index in [9.17, 15) is 9.18 Å². The zero-order valence-electron chi connectivity index (χ0n) is 12.4. The first-order valence-electron chi connectivity index (χ1n) is 7.00. The molecule has 0 aliphatic heterocycles. The maximum Gasteiger partial charge on any atom is 0.248 e. The van der Waals surface area contributed by atoms with Crippen molar-refractivity contribution in [3.8, 4) is 0 Å². The second-order valence-electron chi connectivity index (χ2n) is 5.23. The third-order valence-electron chi connectivity index (χ3n) is 3.25. The molecule has 4 heteroatoms. The predicted octanol–water partition coefficient (Wildman–Crippen LogP) is 5.25. The molecule has 2 rings (SSSR count). The molecular formula is C18H17ClFNO. The van der Waals surface area contributed by atoms with Gasteiger partial charge in [0.15, 0.2) is 0 Å². The number of benzene rings is 2. The summed E-state index contributed by atoms with van der Waals surface area (Å²) in [7, 11) is 0. The van der Waals surface area contributed by atoms with Crippen molar-refractivity contribution in [2.45, 2.75) is 19.8 Å². The van der Waals surface area contributed by atoms with Gasteiger partial charge in [-0.05, 0) is 41.8 Å². The number of carbonyl (C=O) groups is 1. The third kappa shape index (κ3) is 4.18. The average Bonchev–Trinajstić information content (AvgIpc) is 2.47. The normalized spacial score (nSPS) is 11.1. The molecule has 2 aromatic rings. The molecule has 0 aliphatic carbocycles. The van der Waals surface area contributed by atoms with Crippen LogP contribution in [0.15, 0.2) is 48.5 Å². The van der Waals surface area contributed by atoms with E-state index in [1.807, 2.05) is 24.3 Å². The lowest BCUT2D eigenvalue weighted by atomic mass is 10.0. The summed E-state index contributed by atoms with van der Waals surface area (Å²) in [5.41, 5.74) is 2.10. The fraction of sp³-hybridized carbons (Fsp3) is 0.167. The third-order valence-corrected chi connectivity index (χ3v) is 3.58. The van der Waals surface area contributed by atoms with Crippen molar-refractivity contribution in [3.05, 3.63) is 70.5 Å². The van der Waals surface area contributed by atoms with Gasteiger partial charge in [-0.2, -0.15) is 0 Å². The lowest BCUT2D eigenvalue weighted by molar-refractivity contribution is -0.111. The number of anilines is 1. The van der Waals surface area contributed by atoms with Crippen LogP contribution in [0.25, 0.3) is 6.08 Å². The van der Waals surface area contributed by atoms with Crippen molar-refractivity contribution in [1.29, 1.82) is 0 Å². The fourth-order valence-corrected chi connectivity index (χ4v) is 2.19. The Balaban J connectivity index is 2.05. The molecule has 1 N–H and O–H groups in total. The number of hydrogen-bond donors (Lipinski definition) is 1. The Bertz CT molecular complexity index is 672. The second-order valence-corrected chi connectivity index (χ2v) is 5.64. The molecule has 0 bridgehead atoms. The molecule has 2 aromatic carbocycles. The van der Waals surface area contributed by atoms with Crippen LogP contribution >= 0.6 is 11.6 Å². The highest BCUT2D eigenvalue weighted by molar-refractivity contribution is 6.32. The molecule has 0 fully saturated rings. The van der Waals surface area contributed by atoms with Crippen LogP contribution in [0, 0.1) is 5.82 Å². The lowest BCUT2D eigenvalue weighted by Gasteiger charge is -2.07. The molecule has 0 aromatic heterocycles. The van der Waals surface area contributed by atoms with Gasteiger partial charge in [0.2, 0.25) is 5.91 Å². The van der Waals surface area contributed by atoms with Crippen LogP contribution in [0.4, 0.5) is 10.1 Å². The number of rotatable bonds is 4. The topological polar surface area (TPSA) is 29.1 Å². The van der Waals surface area contributed by atoms with Gasteiger partial charge >= 0.3 is 0 Å². The molecule has 0 spiro atoms. The van der Waals surface area contributed by atoms with Crippen LogP contribution in [-0.4, -0.2) is 5.91 Å². The molecule has 0 saturated carbocycles. The summed E-state index contributed by atoms with van der Waals surface area (Å²) in [4.78, 5) is 11.9. The summed E-state index contributed by atoms with van der Waals surface area (Å²) >= 11 is 5.90. The van der Waals surface area contributed by atoms with Crippen molar-refractivity contribution >= 4 is 29.3 Å². The van der Waals surface area contributed by atoms with Crippen molar-refractivity contribution in [1.82, 2.24) is 0 Å². The Morgan fingerprint density at radius 3 is 2.45 bits per heavy atom. The molecule has 0 atom stereocenters. The summed E-state index contributed by atoms with van der Waals surface area (Å²) < 4.78 is 13.6. The number of halogens is 2. The zero-order valence-corrected chi connectivity index (χ0v) is 13.2. The fourth-order valence-electron chi connectivity index (χ4n) is 1.96.